The first-order valence-electron chi connectivity index (χ1n) is 7.32. The molecule has 4 nitrogen and oxygen atoms in total. The molecule has 0 aromatic heterocycles. The maximum Gasteiger partial charge on any atom is 0.304 e. The fourth-order valence-corrected chi connectivity index (χ4v) is 2.72. The first-order chi connectivity index (χ1) is 8.94. The van der Waals surface area contributed by atoms with Crippen molar-refractivity contribution in [2.75, 3.05) is 13.1 Å². The van der Waals surface area contributed by atoms with Gasteiger partial charge in [0.15, 0.2) is 0 Å². The van der Waals surface area contributed by atoms with E-state index in [1.165, 1.54) is 6.42 Å². The van der Waals surface area contributed by atoms with Crippen molar-refractivity contribution in [3.8, 4) is 6.07 Å². The number of carboxylic acids is 1. The van der Waals surface area contributed by atoms with E-state index in [-0.39, 0.29) is 17.9 Å². The summed E-state index contributed by atoms with van der Waals surface area (Å²) in [5, 5.41) is 17.9. The lowest BCUT2D eigenvalue weighted by molar-refractivity contribution is -0.138. The quantitative estimate of drug-likeness (QED) is 0.719. The second-order valence-corrected chi connectivity index (χ2v) is 6.24. The minimum absolute atomic E-state index is 0.218. The van der Waals surface area contributed by atoms with E-state index in [4.69, 9.17) is 10.4 Å². The molecule has 0 aliphatic carbocycles. The maximum atomic E-state index is 10.9. The van der Waals surface area contributed by atoms with Gasteiger partial charge in [0, 0.05) is 6.04 Å². The van der Waals surface area contributed by atoms with E-state index in [9.17, 15) is 4.79 Å². The molecule has 0 bridgehead atoms. The van der Waals surface area contributed by atoms with E-state index in [1.807, 2.05) is 13.8 Å². The Labute approximate surface area is 116 Å². The lowest BCUT2D eigenvalue weighted by atomic mass is 9.89. The van der Waals surface area contributed by atoms with Crippen LogP contribution in [0.2, 0.25) is 0 Å². The van der Waals surface area contributed by atoms with Gasteiger partial charge in [-0.1, -0.05) is 12.8 Å². The van der Waals surface area contributed by atoms with Crippen molar-refractivity contribution < 1.29 is 9.90 Å². The van der Waals surface area contributed by atoms with Crippen LogP contribution in [0.25, 0.3) is 0 Å². The van der Waals surface area contributed by atoms with Gasteiger partial charge in [0.1, 0.15) is 0 Å². The Morgan fingerprint density at radius 1 is 1.42 bits per heavy atom. The molecule has 19 heavy (non-hydrogen) atoms. The number of nitriles is 1. The van der Waals surface area contributed by atoms with Crippen LogP contribution < -0.4 is 0 Å². The van der Waals surface area contributed by atoms with Crippen molar-refractivity contribution >= 4 is 5.97 Å². The summed E-state index contributed by atoms with van der Waals surface area (Å²) in [6.07, 6.45) is 6.62. The smallest absolute Gasteiger partial charge is 0.304 e. The average Bonchev–Trinajstić information content (AvgIpc) is 2.36. The SMILES string of the molecule is CC(C)(C#N)CCCCN1CCCCC1CC(=O)O. The molecule has 0 spiro atoms. The fraction of sp³-hybridized carbons (Fsp3) is 0.867. The number of rotatable bonds is 7. The summed E-state index contributed by atoms with van der Waals surface area (Å²) in [7, 11) is 0. The molecule has 1 saturated heterocycles. The summed E-state index contributed by atoms with van der Waals surface area (Å²) >= 11 is 0. The number of piperidine rings is 1. The van der Waals surface area contributed by atoms with E-state index in [1.54, 1.807) is 0 Å². The summed E-state index contributed by atoms with van der Waals surface area (Å²) in [4.78, 5) is 13.2. The Kier molecular flexibility index (Phi) is 6.30. The number of hydrogen-bond donors (Lipinski definition) is 1. The van der Waals surface area contributed by atoms with Crippen LogP contribution in [-0.4, -0.2) is 35.1 Å². The minimum atomic E-state index is -0.692. The van der Waals surface area contributed by atoms with Gasteiger partial charge < -0.3 is 5.11 Å². The van der Waals surface area contributed by atoms with Crippen LogP contribution in [0.5, 0.6) is 0 Å². The molecular weight excluding hydrogens is 240 g/mol. The number of unbranched alkanes of at least 4 members (excludes halogenated alkanes) is 1. The average molecular weight is 266 g/mol. The Hall–Kier alpha value is -1.08. The van der Waals surface area contributed by atoms with Gasteiger partial charge in [-0.2, -0.15) is 5.26 Å². The highest BCUT2D eigenvalue weighted by molar-refractivity contribution is 5.67. The molecule has 108 valence electrons. The van der Waals surface area contributed by atoms with Gasteiger partial charge in [0.05, 0.1) is 17.9 Å². The molecule has 0 amide bonds. The standard InChI is InChI=1S/C15H26N2O2/c1-15(2,12-16)8-4-6-10-17-9-5-3-7-13(17)11-14(18)19/h13H,3-11H2,1-2H3,(H,18,19). The summed E-state index contributed by atoms with van der Waals surface area (Å²) < 4.78 is 0. The van der Waals surface area contributed by atoms with Gasteiger partial charge in [0.25, 0.3) is 0 Å². The topological polar surface area (TPSA) is 64.3 Å². The third-order valence-electron chi connectivity index (χ3n) is 3.96. The third kappa shape index (κ3) is 6.07. The van der Waals surface area contributed by atoms with Gasteiger partial charge >= 0.3 is 5.97 Å². The third-order valence-corrected chi connectivity index (χ3v) is 3.96. The van der Waals surface area contributed by atoms with Crippen LogP contribution in [0.4, 0.5) is 0 Å². The summed E-state index contributed by atoms with van der Waals surface area (Å²) in [6, 6.07) is 2.54. The van der Waals surface area contributed by atoms with Crippen molar-refractivity contribution in [1.29, 1.82) is 5.26 Å². The number of aliphatic carboxylic acids is 1. The van der Waals surface area contributed by atoms with E-state index in [0.29, 0.717) is 0 Å². The summed E-state index contributed by atoms with van der Waals surface area (Å²) in [6.45, 7) is 5.95. The molecule has 1 heterocycles. The molecule has 0 radical (unpaired) electrons. The lowest BCUT2D eigenvalue weighted by Crippen LogP contribution is -2.41. The normalized spacial score (nSPS) is 21.0. The number of carbonyl (C=O) groups is 1. The number of nitrogens with zero attached hydrogens (tertiary/aromatic N) is 2. The molecule has 1 unspecified atom stereocenters. The molecule has 4 heteroatoms. The minimum Gasteiger partial charge on any atom is -0.481 e. The molecule has 1 rings (SSSR count). The highest BCUT2D eigenvalue weighted by Crippen LogP contribution is 2.23. The fourth-order valence-electron chi connectivity index (χ4n) is 2.72. The van der Waals surface area contributed by atoms with Crippen LogP contribution >= 0.6 is 0 Å². The van der Waals surface area contributed by atoms with Crippen LogP contribution in [0, 0.1) is 16.7 Å². The first kappa shape index (κ1) is 16.0. The Balaban J connectivity index is 2.30. The van der Waals surface area contributed by atoms with Crippen LogP contribution in [-0.2, 0) is 4.79 Å². The molecular formula is C15H26N2O2. The monoisotopic (exact) mass is 266 g/mol. The highest BCUT2D eigenvalue weighted by Gasteiger charge is 2.24. The molecule has 1 aliphatic rings. The molecule has 1 aliphatic heterocycles. The lowest BCUT2D eigenvalue weighted by Gasteiger charge is -2.35. The second-order valence-electron chi connectivity index (χ2n) is 6.24. The molecule has 1 fully saturated rings. The van der Waals surface area contributed by atoms with E-state index in [0.717, 1.165) is 45.2 Å². The molecule has 0 aromatic carbocycles. The van der Waals surface area contributed by atoms with Gasteiger partial charge in [-0.3, -0.25) is 9.69 Å². The Morgan fingerprint density at radius 3 is 2.79 bits per heavy atom. The van der Waals surface area contributed by atoms with Crippen molar-refractivity contribution in [3.63, 3.8) is 0 Å². The molecule has 0 saturated carbocycles. The number of hydrogen-bond acceptors (Lipinski definition) is 3. The maximum absolute atomic E-state index is 10.9. The van der Waals surface area contributed by atoms with Gasteiger partial charge in [-0.15, -0.1) is 0 Å². The van der Waals surface area contributed by atoms with E-state index in [2.05, 4.69) is 11.0 Å². The molecule has 0 aromatic rings. The van der Waals surface area contributed by atoms with Gasteiger partial charge in [0.2, 0.25) is 0 Å². The molecule has 1 N–H and O–H groups in total. The van der Waals surface area contributed by atoms with Gasteiger partial charge in [-0.25, -0.2) is 0 Å². The highest BCUT2D eigenvalue weighted by atomic mass is 16.4. The van der Waals surface area contributed by atoms with Crippen molar-refractivity contribution in [2.45, 2.75) is 64.8 Å². The zero-order valence-corrected chi connectivity index (χ0v) is 12.2. The Bertz CT molecular complexity index is 334. The van der Waals surface area contributed by atoms with Gasteiger partial charge in [-0.05, 0) is 52.6 Å². The van der Waals surface area contributed by atoms with Crippen molar-refractivity contribution in [2.24, 2.45) is 5.41 Å². The zero-order valence-electron chi connectivity index (χ0n) is 12.2. The van der Waals surface area contributed by atoms with Crippen LogP contribution in [0.15, 0.2) is 0 Å². The summed E-state index contributed by atoms with van der Waals surface area (Å²) in [5.41, 5.74) is -0.234. The van der Waals surface area contributed by atoms with E-state index < -0.39 is 5.97 Å². The van der Waals surface area contributed by atoms with Crippen LogP contribution in [0.1, 0.15) is 58.8 Å². The first-order valence-corrected chi connectivity index (χ1v) is 7.32. The summed E-state index contributed by atoms with van der Waals surface area (Å²) in [5.74, 6) is -0.692. The zero-order chi connectivity index (χ0) is 14.3. The van der Waals surface area contributed by atoms with Crippen molar-refractivity contribution in [3.05, 3.63) is 0 Å². The van der Waals surface area contributed by atoms with E-state index >= 15 is 0 Å². The number of carboxylic acid groups (broad SMARTS) is 1. The molecule has 1 atom stereocenters. The predicted molar refractivity (Wildman–Crippen MR) is 74.7 cm³/mol. The van der Waals surface area contributed by atoms with Crippen molar-refractivity contribution in [1.82, 2.24) is 4.90 Å². The predicted octanol–water partition coefficient (Wildman–Crippen LogP) is 3.04. The Morgan fingerprint density at radius 2 is 2.16 bits per heavy atom. The number of likely N-dealkylation sites (tertiary alicyclic amines) is 1. The largest absolute Gasteiger partial charge is 0.481 e. The second kappa shape index (κ2) is 7.49. The van der Waals surface area contributed by atoms with Crippen LogP contribution in [0.3, 0.4) is 0 Å².